The third-order valence-electron chi connectivity index (χ3n) is 5.05. The van der Waals surface area contributed by atoms with Crippen molar-refractivity contribution in [2.75, 3.05) is 11.9 Å². The molecular formula is C21H24ClN3O2. The molecule has 3 rings (SSSR count). The highest BCUT2D eigenvalue weighted by atomic mass is 35.5. The zero-order chi connectivity index (χ0) is 19.4. The van der Waals surface area contributed by atoms with E-state index in [2.05, 4.69) is 17.2 Å². The first-order valence-electron chi connectivity index (χ1n) is 9.33. The van der Waals surface area contributed by atoms with Crippen LogP contribution in [0.4, 0.5) is 5.69 Å². The second kappa shape index (κ2) is 8.53. The van der Waals surface area contributed by atoms with Crippen LogP contribution < -0.4 is 5.32 Å². The summed E-state index contributed by atoms with van der Waals surface area (Å²) in [6.07, 6.45) is 7.15. The zero-order valence-electron chi connectivity index (χ0n) is 15.7. The molecule has 1 unspecified atom stereocenters. The Morgan fingerprint density at radius 1 is 1.22 bits per heavy atom. The lowest BCUT2D eigenvalue weighted by molar-refractivity contribution is 0.0607. The number of carbonyl (C=O) groups is 2. The van der Waals surface area contributed by atoms with Crippen LogP contribution in [0.2, 0.25) is 5.02 Å². The van der Waals surface area contributed by atoms with Crippen LogP contribution in [0.5, 0.6) is 0 Å². The molecule has 1 aliphatic rings. The predicted molar refractivity (Wildman–Crippen MR) is 107 cm³/mol. The number of benzene rings is 1. The van der Waals surface area contributed by atoms with Crippen molar-refractivity contribution in [3.8, 4) is 0 Å². The summed E-state index contributed by atoms with van der Waals surface area (Å²) in [7, 11) is 0. The maximum absolute atomic E-state index is 12.9. The van der Waals surface area contributed by atoms with Crippen LogP contribution in [-0.4, -0.2) is 34.3 Å². The molecule has 0 radical (unpaired) electrons. The number of hydrogen-bond donors (Lipinski definition) is 1. The highest BCUT2D eigenvalue weighted by Crippen LogP contribution is 2.23. The number of aryl methyl sites for hydroxylation is 1. The van der Waals surface area contributed by atoms with Gasteiger partial charge in [0, 0.05) is 35.7 Å². The maximum Gasteiger partial charge on any atom is 0.257 e. The van der Waals surface area contributed by atoms with Crippen molar-refractivity contribution in [1.82, 2.24) is 9.88 Å². The molecule has 142 valence electrons. The van der Waals surface area contributed by atoms with Gasteiger partial charge < -0.3 is 10.2 Å². The second-order valence-corrected chi connectivity index (χ2v) is 7.37. The molecule has 1 aliphatic heterocycles. The molecule has 1 saturated heterocycles. The van der Waals surface area contributed by atoms with Gasteiger partial charge >= 0.3 is 0 Å². The average molecular weight is 386 g/mol. The van der Waals surface area contributed by atoms with Gasteiger partial charge in [0.1, 0.15) is 0 Å². The van der Waals surface area contributed by atoms with Gasteiger partial charge in [0.25, 0.3) is 11.8 Å². The topological polar surface area (TPSA) is 62.3 Å². The number of rotatable bonds is 4. The van der Waals surface area contributed by atoms with Crippen molar-refractivity contribution in [2.24, 2.45) is 0 Å². The summed E-state index contributed by atoms with van der Waals surface area (Å²) in [6.45, 7) is 4.76. The summed E-state index contributed by atoms with van der Waals surface area (Å²) in [5.41, 5.74) is 2.36. The molecule has 0 spiro atoms. The van der Waals surface area contributed by atoms with E-state index in [4.69, 9.17) is 11.6 Å². The first-order valence-corrected chi connectivity index (χ1v) is 9.71. The molecule has 2 aromatic rings. The van der Waals surface area contributed by atoms with Crippen molar-refractivity contribution >= 4 is 29.1 Å². The van der Waals surface area contributed by atoms with Crippen LogP contribution >= 0.6 is 11.6 Å². The van der Waals surface area contributed by atoms with Crippen LogP contribution in [0.25, 0.3) is 0 Å². The van der Waals surface area contributed by atoms with Crippen molar-refractivity contribution in [3.05, 3.63) is 58.4 Å². The largest absolute Gasteiger partial charge is 0.336 e. The van der Waals surface area contributed by atoms with Gasteiger partial charge in [-0.2, -0.15) is 0 Å². The number of nitrogens with one attached hydrogen (secondary N) is 1. The molecule has 0 bridgehead atoms. The van der Waals surface area contributed by atoms with Crippen molar-refractivity contribution in [2.45, 2.75) is 45.6 Å². The maximum atomic E-state index is 12.9. The average Bonchev–Trinajstić information content (AvgIpc) is 2.70. The van der Waals surface area contributed by atoms with Gasteiger partial charge in [-0.25, -0.2) is 0 Å². The van der Waals surface area contributed by atoms with Crippen LogP contribution in [-0.2, 0) is 0 Å². The monoisotopic (exact) mass is 385 g/mol. The Balaban J connectivity index is 1.79. The van der Waals surface area contributed by atoms with E-state index >= 15 is 0 Å². The van der Waals surface area contributed by atoms with E-state index in [1.54, 1.807) is 18.2 Å². The highest BCUT2D eigenvalue weighted by Gasteiger charge is 2.26. The molecule has 6 heteroatoms. The van der Waals surface area contributed by atoms with Crippen LogP contribution in [0.15, 0.2) is 36.7 Å². The molecule has 2 heterocycles. The number of aromatic nitrogens is 1. The molecule has 1 N–H and O–H groups in total. The van der Waals surface area contributed by atoms with Crippen molar-refractivity contribution < 1.29 is 9.59 Å². The number of pyridine rings is 1. The van der Waals surface area contributed by atoms with Crippen molar-refractivity contribution in [3.63, 3.8) is 0 Å². The molecular weight excluding hydrogens is 362 g/mol. The van der Waals surface area contributed by atoms with Gasteiger partial charge in [-0.15, -0.1) is 0 Å². The molecule has 5 nitrogen and oxygen atoms in total. The third kappa shape index (κ3) is 4.48. The molecule has 2 amide bonds. The fourth-order valence-corrected chi connectivity index (χ4v) is 3.63. The van der Waals surface area contributed by atoms with E-state index in [0.29, 0.717) is 21.8 Å². The summed E-state index contributed by atoms with van der Waals surface area (Å²) in [5, 5.41) is 3.39. The number of anilines is 1. The standard InChI is InChI=1S/C21H24ClN3O2/c1-3-18-6-4-5-9-25(18)21(27)16-10-15(12-23-13-16)20(26)24-19-11-17(22)8-7-14(19)2/h7-8,10-13,18H,3-6,9H2,1-2H3,(H,24,26). The molecule has 1 aromatic carbocycles. The molecule has 27 heavy (non-hydrogen) atoms. The normalized spacial score (nSPS) is 16.9. The van der Waals surface area contributed by atoms with Gasteiger partial charge in [0.05, 0.1) is 11.1 Å². The Kier molecular flexibility index (Phi) is 6.11. The lowest BCUT2D eigenvalue weighted by Crippen LogP contribution is -2.43. The Bertz CT molecular complexity index is 853. The highest BCUT2D eigenvalue weighted by molar-refractivity contribution is 6.31. The van der Waals surface area contributed by atoms with E-state index < -0.39 is 0 Å². The van der Waals surface area contributed by atoms with E-state index in [-0.39, 0.29) is 17.9 Å². The summed E-state index contributed by atoms with van der Waals surface area (Å²) in [6, 6.07) is 7.20. The molecule has 1 atom stereocenters. The Hall–Kier alpha value is -2.40. The quantitative estimate of drug-likeness (QED) is 0.829. The Labute approximate surface area is 164 Å². The van der Waals surface area contributed by atoms with Crippen LogP contribution in [0, 0.1) is 6.92 Å². The Morgan fingerprint density at radius 2 is 2.00 bits per heavy atom. The number of hydrogen-bond acceptors (Lipinski definition) is 3. The van der Waals surface area contributed by atoms with Crippen LogP contribution in [0.3, 0.4) is 0 Å². The van der Waals surface area contributed by atoms with Gasteiger partial charge in [0.15, 0.2) is 0 Å². The number of carbonyl (C=O) groups excluding carboxylic acids is 2. The minimum atomic E-state index is -0.312. The predicted octanol–water partition coefficient (Wildman–Crippen LogP) is 4.70. The fraction of sp³-hybridized carbons (Fsp3) is 0.381. The smallest absolute Gasteiger partial charge is 0.257 e. The molecule has 0 aliphatic carbocycles. The van der Waals surface area contributed by atoms with Gasteiger partial charge in [-0.3, -0.25) is 14.6 Å². The molecule has 0 saturated carbocycles. The van der Waals surface area contributed by atoms with E-state index in [0.717, 1.165) is 37.8 Å². The number of halogens is 1. The molecule has 1 aromatic heterocycles. The first kappa shape index (κ1) is 19.4. The molecule has 1 fully saturated rings. The number of piperidine rings is 1. The Morgan fingerprint density at radius 3 is 2.78 bits per heavy atom. The van der Waals surface area contributed by atoms with Gasteiger partial charge in [-0.05, 0) is 56.4 Å². The third-order valence-corrected chi connectivity index (χ3v) is 5.29. The van der Waals surface area contributed by atoms with Crippen molar-refractivity contribution in [1.29, 1.82) is 0 Å². The van der Waals surface area contributed by atoms with E-state index in [1.807, 2.05) is 17.9 Å². The van der Waals surface area contributed by atoms with Gasteiger partial charge in [0.2, 0.25) is 0 Å². The SMILES string of the molecule is CCC1CCCCN1C(=O)c1cncc(C(=O)Nc2cc(Cl)ccc2C)c1. The summed E-state index contributed by atoms with van der Waals surface area (Å²) in [5.74, 6) is -0.365. The number of nitrogens with zero attached hydrogens (tertiary/aromatic N) is 2. The number of likely N-dealkylation sites (tertiary alicyclic amines) is 1. The summed E-state index contributed by atoms with van der Waals surface area (Å²) in [4.78, 5) is 31.6. The minimum absolute atomic E-state index is 0.0531. The van der Waals surface area contributed by atoms with Crippen LogP contribution in [0.1, 0.15) is 58.9 Å². The summed E-state index contributed by atoms with van der Waals surface area (Å²) < 4.78 is 0. The summed E-state index contributed by atoms with van der Waals surface area (Å²) >= 11 is 6.01. The first-order chi connectivity index (χ1) is 13.0. The lowest BCUT2D eigenvalue weighted by Gasteiger charge is -2.35. The van der Waals surface area contributed by atoms with Gasteiger partial charge in [-0.1, -0.05) is 24.6 Å². The zero-order valence-corrected chi connectivity index (χ0v) is 16.4. The van der Waals surface area contributed by atoms with E-state index in [1.165, 1.54) is 12.4 Å². The number of amides is 2. The fourth-order valence-electron chi connectivity index (χ4n) is 3.46. The van der Waals surface area contributed by atoms with E-state index in [9.17, 15) is 9.59 Å². The minimum Gasteiger partial charge on any atom is -0.336 e. The second-order valence-electron chi connectivity index (χ2n) is 6.93. The lowest BCUT2D eigenvalue weighted by atomic mass is 9.99.